The Morgan fingerprint density at radius 1 is 1.04 bits per heavy atom. The van der Waals surface area contributed by atoms with Gasteiger partial charge in [0.25, 0.3) is 5.56 Å². The normalized spacial score (nSPS) is 21.3. The molecule has 2 N–H and O–H groups in total. The number of H-pyrrole nitrogens is 1. The highest BCUT2D eigenvalue weighted by atomic mass is 16.2. The smallest absolute Gasteiger partial charge is 0.270 e. The summed E-state index contributed by atoms with van der Waals surface area (Å²) in [6.45, 7) is 3.95. The first-order chi connectivity index (χ1) is 12.5. The molecule has 1 atom stereocenters. The van der Waals surface area contributed by atoms with Crippen LogP contribution in [0.1, 0.15) is 79.4 Å². The Hall–Kier alpha value is -2.31. The number of aromatic amines is 1. The first-order valence-corrected chi connectivity index (χ1v) is 9.61. The lowest BCUT2D eigenvalue weighted by atomic mass is 9.86. The maximum absolute atomic E-state index is 12.9. The molecule has 140 valence electrons. The summed E-state index contributed by atoms with van der Waals surface area (Å²) in [6.07, 6.45) is 7.19. The second-order valence-corrected chi connectivity index (χ2v) is 7.73. The van der Waals surface area contributed by atoms with Crippen molar-refractivity contribution in [2.75, 3.05) is 5.32 Å². The van der Waals surface area contributed by atoms with E-state index in [4.69, 9.17) is 0 Å². The van der Waals surface area contributed by atoms with Crippen molar-refractivity contribution < 1.29 is 4.79 Å². The average Bonchev–Trinajstić information content (AvgIpc) is 2.91. The maximum Gasteiger partial charge on any atom is 0.270 e. The summed E-state index contributed by atoms with van der Waals surface area (Å²) in [7, 11) is 1.90. The molecule has 1 aliphatic carbocycles. The van der Waals surface area contributed by atoms with Gasteiger partial charge < -0.3 is 5.32 Å². The molecule has 3 heterocycles. The maximum atomic E-state index is 12.9. The molecule has 2 aromatic heterocycles. The minimum atomic E-state index is -0.233. The van der Waals surface area contributed by atoms with E-state index in [1.54, 1.807) is 0 Å². The summed E-state index contributed by atoms with van der Waals surface area (Å²) in [5.41, 5.74) is 3.50. The lowest BCUT2D eigenvalue weighted by Gasteiger charge is -2.26. The second-order valence-electron chi connectivity index (χ2n) is 7.73. The quantitative estimate of drug-likeness (QED) is 0.811. The number of hydrogen-bond acceptors (Lipinski definition) is 3. The largest absolute Gasteiger partial charge is 0.311 e. The SMILES string of the molecule is Cc1nn(C)c(C)c1[C@@H]1CC(=O)Nc2c1c(=O)[nH]n2C1CCCCCC1. The molecule has 0 bridgehead atoms. The van der Waals surface area contributed by atoms with Gasteiger partial charge in [0.15, 0.2) is 0 Å². The van der Waals surface area contributed by atoms with Gasteiger partial charge in [0.1, 0.15) is 5.82 Å². The molecule has 2 aliphatic rings. The van der Waals surface area contributed by atoms with E-state index < -0.39 is 0 Å². The van der Waals surface area contributed by atoms with E-state index in [0.717, 1.165) is 42.6 Å². The minimum Gasteiger partial charge on any atom is -0.311 e. The first-order valence-electron chi connectivity index (χ1n) is 9.61. The highest BCUT2D eigenvalue weighted by molar-refractivity contribution is 5.94. The zero-order valence-electron chi connectivity index (χ0n) is 15.8. The van der Waals surface area contributed by atoms with Crippen molar-refractivity contribution in [3.63, 3.8) is 0 Å². The van der Waals surface area contributed by atoms with Crippen LogP contribution in [-0.2, 0) is 11.8 Å². The molecule has 7 nitrogen and oxygen atoms in total. The molecule has 26 heavy (non-hydrogen) atoms. The Bertz CT molecular complexity index is 896. The second kappa shape index (κ2) is 6.45. The molecule has 1 aliphatic heterocycles. The van der Waals surface area contributed by atoms with Gasteiger partial charge in [0.05, 0.1) is 17.3 Å². The third kappa shape index (κ3) is 2.70. The average molecular weight is 357 g/mol. The van der Waals surface area contributed by atoms with Crippen molar-refractivity contribution in [1.29, 1.82) is 0 Å². The van der Waals surface area contributed by atoms with Crippen LogP contribution in [0.5, 0.6) is 0 Å². The fraction of sp³-hybridized carbons (Fsp3) is 0.632. The molecule has 1 fully saturated rings. The van der Waals surface area contributed by atoms with Gasteiger partial charge in [-0.3, -0.25) is 24.1 Å². The summed E-state index contributed by atoms with van der Waals surface area (Å²) < 4.78 is 3.77. The first kappa shape index (κ1) is 17.1. The van der Waals surface area contributed by atoms with Crippen molar-refractivity contribution in [3.05, 3.63) is 32.9 Å². The summed E-state index contributed by atoms with van der Waals surface area (Å²) in [5, 5.41) is 10.5. The van der Waals surface area contributed by atoms with Crippen LogP contribution < -0.4 is 10.9 Å². The lowest BCUT2D eigenvalue weighted by molar-refractivity contribution is -0.116. The number of fused-ring (bicyclic) bond motifs is 1. The molecular formula is C19H27N5O2. The molecule has 7 heteroatoms. The van der Waals surface area contributed by atoms with Crippen LogP contribution in [0.3, 0.4) is 0 Å². The lowest BCUT2D eigenvalue weighted by Crippen LogP contribution is -2.28. The van der Waals surface area contributed by atoms with Crippen LogP contribution in [0.15, 0.2) is 4.79 Å². The van der Waals surface area contributed by atoms with Crippen LogP contribution >= 0.6 is 0 Å². The monoisotopic (exact) mass is 357 g/mol. The van der Waals surface area contributed by atoms with Gasteiger partial charge in [-0.1, -0.05) is 25.7 Å². The van der Waals surface area contributed by atoms with Gasteiger partial charge in [-0.2, -0.15) is 5.10 Å². The third-order valence-corrected chi connectivity index (χ3v) is 6.06. The molecule has 2 aromatic rings. The number of aryl methyl sites for hydroxylation is 2. The van der Waals surface area contributed by atoms with Gasteiger partial charge >= 0.3 is 0 Å². The number of rotatable bonds is 2. The summed E-state index contributed by atoms with van der Waals surface area (Å²) in [4.78, 5) is 25.4. The molecule has 4 rings (SSSR count). The van der Waals surface area contributed by atoms with E-state index >= 15 is 0 Å². The van der Waals surface area contributed by atoms with Crippen molar-refractivity contribution in [1.82, 2.24) is 19.6 Å². The molecule has 0 unspecified atom stereocenters. The topological polar surface area (TPSA) is 84.7 Å². The van der Waals surface area contributed by atoms with Gasteiger partial charge in [-0.25, -0.2) is 0 Å². The summed E-state index contributed by atoms with van der Waals surface area (Å²) in [6, 6.07) is 0.254. The van der Waals surface area contributed by atoms with Crippen LogP contribution in [0.25, 0.3) is 0 Å². The molecule has 0 aromatic carbocycles. The van der Waals surface area contributed by atoms with E-state index in [2.05, 4.69) is 15.5 Å². The fourth-order valence-corrected chi connectivity index (χ4v) is 4.71. The number of aromatic nitrogens is 4. The Morgan fingerprint density at radius 3 is 2.35 bits per heavy atom. The van der Waals surface area contributed by atoms with E-state index in [0.29, 0.717) is 11.4 Å². The Labute approximate surface area is 152 Å². The third-order valence-electron chi connectivity index (χ3n) is 6.06. The number of carbonyl (C=O) groups excluding carboxylic acids is 1. The number of nitrogens with zero attached hydrogens (tertiary/aromatic N) is 3. The number of anilines is 1. The van der Waals surface area contributed by atoms with Crippen molar-refractivity contribution in [3.8, 4) is 0 Å². The van der Waals surface area contributed by atoms with Gasteiger partial charge in [-0.15, -0.1) is 0 Å². The van der Waals surface area contributed by atoms with E-state index in [9.17, 15) is 9.59 Å². The van der Waals surface area contributed by atoms with E-state index in [1.165, 1.54) is 12.8 Å². The molecular weight excluding hydrogens is 330 g/mol. The predicted molar refractivity (Wildman–Crippen MR) is 99.6 cm³/mol. The molecule has 0 radical (unpaired) electrons. The van der Waals surface area contributed by atoms with E-state index in [-0.39, 0.29) is 29.8 Å². The van der Waals surface area contributed by atoms with Gasteiger partial charge in [0.2, 0.25) is 5.91 Å². The fourth-order valence-electron chi connectivity index (χ4n) is 4.71. The standard InChI is InChI=1S/C19H27N5O2/c1-11-16(12(2)23(3)21-11)14-10-15(25)20-18-17(14)19(26)22-24(18)13-8-6-4-5-7-9-13/h13-14H,4-10H2,1-3H3,(H,20,25)(H,22,26)/t14-/m0/s1. The minimum absolute atomic E-state index is 0.0356. The molecule has 0 saturated heterocycles. The van der Waals surface area contributed by atoms with Crippen LogP contribution in [-0.4, -0.2) is 25.5 Å². The molecule has 1 saturated carbocycles. The molecule has 0 spiro atoms. The van der Waals surface area contributed by atoms with Crippen LogP contribution in [0.2, 0.25) is 0 Å². The number of nitrogens with one attached hydrogen (secondary N) is 2. The van der Waals surface area contributed by atoms with Crippen molar-refractivity contribution in [2.24, 2.45) is 7.05 Å². The zero-order chi connectivity index (χ0) is 18.4. The van der Waals surface area contributed by atoms with Gasteiger partial charge in [-0.05, 0) is 26.7 Å². The van der Waals surface area contributed by atoms with E-state index in [1.807, 2.05) is 30.3 Å². The zero-order valence-corrected chi connectivity index (χ0v) is 15.8. The Kier molecular flexibility index (Phi) is 4.25. The van der Waals surface area contributed by atoms with Crippen LogP contribution in [0, 0.1) is 13.8 Å². The van der Waals surface area contributed by atoms with Crippen molar-refractivity contribution in [2.45, 2.75) is 70.8 Å². The number of hydrogen-bond donors (Lipinski definition) is 2. The number of carbonyl (C=O) groups is 1. The van der Waals surface area contributed by atoms with Crippen LogP contribution in [0.4, 0.5) is 5.82 Å². The summed E-state index contributed by atoms with van der Waals surface area (Å²) in [5.74, 6) is 0.403. The highest BCUT2D eigenvalue weighted by Gasteiger charge is 2.36. The Balaban J connectivity index is 1.83. The predicted octanol–water partition coefficient (Wildman–Crippen LogP) is 2.90. The molecule has 1 amide bonds. The Morgan fingerprint density at radius 2 is 1.73 bits per heavy atom. The summed E-state index contributed by atoms with van der Waals surface area (Å²) >= 11 is 0. The van der Waals surface area contributed by atoms with Crippen molar-refractivity contribution >= 4 is 11.7 Å². The van der Waals surface area contributed by atoms with Gasteiger partial charge in [0, 0.05) is 30.6 Å². The highest BCUT2D eigenvalue weighted by Crippen LogP contribution is 2.40. The number of amides is 1.